The Bertz CT molecular complexity index is 812. The normalized spacial score (nSPS) is 10.7. The Hall–Kier alpha value is -2.54. The van der Waals surface area contributed by atoms with Gasteiger partial charge in [0.2, 0.25) is 5.91 Å². The number of nitrogens with zero attached hydrogens (tertiary/aromatic N) is 3. The van der Waals surface area contributed by atoms with Gasteiger partial charge in [-0.1, -0.05) is 12.1 Å². The van der Waals surface area contributed by atoms with Gasteiger partial charge in [0.15, 0.2) is 0 Å². The number of rotatable bonds is 6. The van der Waals surface area contributed by atoms with Crippen LogP contribution in [0.1, 0.15) is 10.7 Å². The summed E-state index contributed by atoms with van der Waals surface area (Å²) in [6, 6.07) is 7.69. The van der Waals surface area contributed by atoms with Gasteiger partial charge in [0.1, 0.15) is 12.1 Å². The lowest BCUT2D eigenvalue weighted by Gasteiger charge is -2.08. The maximum Gasteiger partial charge on any atom is 0.239 e. The molecule has 3 rings (SSSR count). The number of fused-ring (bicyclic) bond motifs is 1. The van der Waals surface area contributed by atoms with Crippen molar-refractivity contribution in [2.45, 2.75) is 13.3 Å². The van der Waals surface area contributed by atoms with Crippen LogP contribution >= 0.6 is 11.3 Å². The molecule has 0 unspecified atom stereocenters. The van der Waals surface area contributed by atoms with E-state index in [0.717, 1.165) is 28.0 Å². The third-order valence-electron chi connectivity index (χ3n) is 3.29. The Balaban J connectivity index is 1.50. The molecule has 0 saturated heterocycles. The minimum absolute atomic E-state index is 0.0685. The van der Waals surface area contributed by atoms with Gasteiger partial charge in [-0.3, -0.25) is 4.79 Å². The van der Waals surface area contributed by atoms with E-state index in [9.17, 15) is 4.79 Å². The lowest BCUT2D eigenvalue weighted by molar-refractivity contribution is -0.119. The fourth-order valence-electron chi connectivity index (χ4n) is 2.20. The highest BCUT2D eigenvalue weighted by Crippen LogP contribution is 2.17. The van der Waals surface area contributed by atoms with Gasteiger partial charge in [0.25, 0.3) is 0 Å². The van der Waals surface area contributed by atoms with E-state index < -0.39 is 0 Å². The molecule has 2 heterocycles. The van der Waals surface area contributed by atoms with Crippen molar-refractivity contribution in [2.24, 2.45) is 0 Å². The van der Waals surface area contributed by atoms with Crippen LogP contribution in [0.2, 0.25) is 0 Å². The van der Waals surface area contributed by atoms with E-state index in [2.05, 4.69) is 25.6 Å². The number of carbonyl (C=O) groups excluding carboxylic acids is 1. The fourth-order valence-corrected chi connectivity index (χ4v) is 2.97. The molecule has 0 atom stereocenters. The van der Waals surface area contributed by atoms with Gasteiger partial charge >= 0.3 is 0 Å². The highest BCUT2D eigenvalue weighted by molar-refractivity contribution is 7.09. The summed E-state index contributed by atoms with van der Waals surface area (Å²) < 4.78 is 0. The van der Waals surface area contributed by atoms with E-state index in [1.54, 1.807) is 11.3 Å². The van der Waals surface area contributed by atoms with E-state index in [0.29, 0.717) is 12.4 Å². The predicted octanol–water partition coefficient (Wildman–Crippen LogP) is 2.17. The summed E-state index contributed by atoms with van der Waals surface area (Å²) in [5.41, 5.74) is 1.87. The monoisotopic (exact) mass is 327 g/mol. The number of hydrogen-bond acceptors (Lipinski definition) is 6. The predicted molar refractivity (Wildman–Crippen MR) is 91.6 cm³/mol. The Kier molecular flexibility index (Phi) is 4.77. The molecule has 2 aromatic heterocycles. The number of benzene rings is 1. The number of amides is 1. The van der Waals surface area contributed by atoms with Crippen molar-refractivity contribution in [3.05, 3.63) is 46.7 Å². The molecule has 0 bridgehead atoms. The van der Waals surface area contributed by atoms with Crippen LogP contribution in [-0.4, -0.2) is 33.9 Å². The molecular weight excluding hydrogens is 310 g/mol. The first kappa shape index (κ1) is 15.4. The smallest absolute Gasteiger partial charge is 0.239 e. The van der Waals surface area contributed by atoms with E-state index in [1.807, 2.05) is 36.6 Å². The second-order valence-electron chi connectivity index (χ2n) is 5.08. The van der Waals surface area contributed by atoms with E-state index in [-0.39, 0.29) is 12.5 Å². The van der Waals surface area contributed by atoms with Crippen molar-refractivity contribution in [1.82, 2.24) is 20.3 Å². The number of nitrogens with one attached hydrogen (secondary N) is 2. The Morgan fingerprint density at radius 1 is 1.26 bits per heavy atom. The molecule has 0 radical (unpaired) electrons. The zero-order valence-electron chi connectivity index (χ0n) is 12.7. The number of aryl methyl sites for hydroxylation is 1. The quantitative estimate of drug-likeness (QED) is 0.725. The minimum atomic E-state index is -0.0685. The second kappa shape index (κ2) is 7.15. The van der Waals surface area contributed by atoms with Crippen LogP contribution in [-0.2, 0) is 11.2 Å². The maximum absolute atomic E-state index is 11.9. The van der Waals surface area contributed by atoms with Crippen molar-refractivity contribution in [3.63, 3.8) is 0 Å². The molecule has 23 heavy (non-hydrogen) atoms. The molecule has 6 nitrogen and oxygen atoms in total. The summed E-state index contributed by atoms with van der Waals surface area (Å²) >= 11 is 1.62. The standard InChI is InChI=1S/C16H17N5OS/c1-11-9-23-15(21-11)6-7-17-14(22)8-18-16-12-4-2-3-5-13(12)19-10-20-16/h2-5,9-10H,6-8H2,1H3,(H,17,22)(H,18,19,20). The average molecular weight is 327 g/mol. The molecule has 118 valence electrons. The molecule has 0 aliphatic rings. The number of thiazole rings is 1. The average Bonchev–Trinajstić information content (AvgIpc) is 2.98. The molecule has 1 aromatic carbocycles. The van der Waals surface area contributed by atoms with Gasteiger partial charge < -0.3 is 10.6 Å². The summed E-state index contributed by atoms with van der Waals surface area (Å²) in [5, 5.41) is 9.90. The molecule has 3 aromatic rings. The minimum Gasteiger partial charge on any atom is -0.360 e. The van der Waals surface area contributed by atoms with Crippen molar-refractivity contribution in [1.29, 1.82) is 0 Å². The topological polar surface area (TPSA) is 79.8 Å². The highest BCUT2D eigenvalue weighted by Gasteiger charge is 2.06. The summed E-state index contributed by atoms with van der Waals surface area (Å²) in [5.74, 6) is 0.599. The van der Waals surface area contributed by atoms with Crippen molar-refractivity contribution in [2.75, 3.05) is 18.4 Å². The summed E-state index contributed by atoms with van der Waals surface area (Å²) in [6.07, 6.45) is 2.24. The molecule has 1 amide bonds. The first-order chi connectivity index (χ1) is 11.2. The maximum atomic E-state index is 11.9. The van der Waals surface area contributed by atoms with Crippen LogP contribution in [0.4, 0.5) is 5.82 Å². The third kappa shape index (κ3) is 4.01. The zero-order valence-corrected chi connectivity index (χ0v) is 13.6. The molecule has 0 saturated carbocycles. The van der Waals surface area contributed by atoms with Gasteiger partial charge in [0, 0.05) is 29.4 Å². The number of anilines is 1. The lowest BCUT2D eigenvalue weighted by Crippen LogP contribution is -2.31. The SMILES string of the molecule is Cc1csc(CCNC(=O)CNc2ncnc3ccccc23)n1. The van der Waals surface area contributed by atoms with E-state index in [4.69, 9.17) is 0 Å². The molecule has 7 heteroatoms. The van der Waals surface area contributed by atoms with Gasteiger partial charge in [0.05, 0.1) is 17.1 Å². The second-order valence-corrected chi connectivity index (χ2v) is 6.02. The van der Waals surface area contributed by atoms with Crippen molar-refractivity contribution in [3.8, 4) is 0 Å². The lowest BCUT2D eigenvalue weighted by atomic mass is 10.2. The van der Waals surface area contributed by atoms with Gasteiger partial charge in [-0.15, -0.1) is 11.3 Å². The van der Waals surface area contributed by atoms with Crippen LogP contribution in [0.3, 0.4) is 0 Å². The van der Waals surface area contributed by atoms with E-state index >= 15 is 0 Å². The summed E-state index contributed by atoms with van der Waals surface area (Å²) in [6.45, 7) is 2.73. The Morgan fingerprint density at radius 2 is 2.13 bits per heavy atom. The van der Waals surface area contributed by atoms with Crippen molar-refractivity contribution < 1.29 is 4.79 Å². The first-order valence-electron chi connectivity index (χ1n) is 7.34. The highest BCUT2D eigenvalue weighted by atomic mass is 32.1. The van der Waals surface area contributed by atoms with Crippen LogP contribution in [0, 0.1) is 6.92 Å². The molecular formula is C16H17N5OS. The van der Waals surface area contributed by atoms with Crippen LogP contribution in [0.5, 0.6) is 0 Å². The summed E-state index contributed by atoms with van der Waals surface area (Å²) in [7, 11) is 0. The van der Waals surface area contributed by atoms with Crippen LogP contribution < -0.4 is 10.6 Å². The number of para-hydroxylation sites is 1. The van der Waals surface area contributed by atoms with Crippen molar-refractivity contribution >= 4 is 34.0 Å². The third-order valence-corrected chi connectivity index (χ3v) is 4.31. The number of carbonyl (C=O) groups is 1. The number of hydrogen-bond donors (Lipinski definition) is 2. The van der Waals surface area contributed by atoms with E-state index in [1.165, 1.54) is 6.33 Å². The van der Waals surface area contributed by atoms with Crippen LogP contribution in [0.15, 0.2) is 36.0 Å². The molecule has 0 fully saturated rings. The summed E-state index contributed by atoms with van der Waals surface area (Å²) in [4.78, 5) is 24.7. The zero-order chi connectivity index (χ0) is 16.1. The molecule has 0 spiro atoms. The van der Waals surface area contributed by atoms with Gasteiger partial charge in [-0.05, 0) is 19.1 Å². The van der Waals surface area contributed by atoms with Crippen LogP contribution in [0.25, 0.3) is 10.9 Å². The Labute approximate surface area is 138 Å². The number of aromatic nitrogens is 3. The Morgan fingerprint density at radius 3 is 2.96 bits per heavy atom. The largest absolute Gasteiger partial charge is 0.360 e. The molecule has 0 aliphatic carbocycles. The molecule has 0 aliphatic heterocycles. The fraction of sp³-hybridized carbons (Fsp3) is 0.250. The van der Waals surface area contributed by atoms with Gasteiger partial charge in [-0.25, -0.2) is 15.0 Å². The first-order valence-corrected chi connectivity index (χ1v) is 8.21. The van der Waals surface area contributed by atoms with Gasteiger partial charge in [-0.2, -0.15) is 0 Å². The molecule has 2 N–H and O–H groups in total.